The minimum absolute atomic E-state index is 0.272. The van der Waals surface area contributed by atoms with Crippen molar-refractivity contribution >= 4 is 12.0 Å². The number of primary amides is 1. The van der Waals surface area contributed by atoms with Gasteiger partial charge in [0, 0.05) is 32.2 Å². The molecule has 2 rings (SSSR count). The number of piperazine rings is 1. The van der Waals surface area contributed by atoms with E-state index < -0.39 is 24.1 Å². The highest BCUT2D eigenvalue weighted by molar-refractivity contribution is 5.82. The third-order valence-corrected chi connectivity index (χ3v) is 4.24. The molecule has 2 saturated heterocycles. The summed E-state index contributed by atoms with van der Waals surface area (Å²) in [6.07, 6.45) is -0.984. The van der Waals surface area contributed by atoms with E-state index in [2.05, 4.69) is 10.2 Å². The molecule has 0 aromatic rings. The Morgan fingerprint density at radius 1 is 1.25 bits per heavy atom. The summed E-state index contributed by atoms with van der Waals surface area (Å²) in [4.78, 5) is 26.9. The first-order chi connectivity index (χ1) is 9.23. The average Bonchev–Trinajstić information content (AvgIpc) is 2.23. The molecule has 0 saturated carbocycles. The van der Waals surface area contributed by atoms with Gasteiger partial charge in [-0.3, -0.25) is 9.69 Å². The first-order valence-electron chi connectivity index (χ1n) is 6.99. The smallest absolute Gasteiger partial charge is 0.407 e. The van der Waals surface area contributed by atoms with Crippen LogP contribution in [0.5, 0.6) is 0 Å². The Labute approximate surface area is 119 Å². The summed E-state index contributed by atoms with van der Waals surface area (Å²) < 4.78 is 0. The fourth-order valence-corrected chi connectivity index (χ4v) is 3.25. The Kier molecular flexibility index (Phi) is 3.93. The summed E-state index contributed by atoms with van der Waals surface area (Å²) >= 11 is 0. The second kappa shape index (κ2) is 5.21. The van der Waals surface area contributed by atoms with Crippen LogP contribution in [0, 0.1) is 5.41 Å². The van der Waals surface area contributed by atoms with Crippen LogP contribution in [-0.4, -0.2) is 71.2 Å². The van der Waals surface area contributed by atoms with Gasteiger partial charge in [-0.25, -0.2) is 4.79 Å². The van der Waals surface area contributed by atoms with Gasteiger partial charge in [0.25, 0.3) is 0 Å². The van der Waals surface area contributed by atoms with E-state index in [1.165, 1.54) is 4.90 Å². The van der Waals surface area contributed by atoms with Crippen LogP contribution in [0.15, 0.2) is 0 Å². The zero-order chi connectivity index (χ0) is 15.1. The molecule has 4 N–H and O–H groups in total. The van der Waals surface area contributed by atoms with Crippen molar-refractivity contribution in [3.05, 3.63) is 0 Å². The standard InChI is InChI=1S/C13H24N4O3/c1-13(2,3)10-9(11(14)18)16(8-6-15-7-8)4-5-17(10)12(19)20/h8-10,15H,4-7H2,1-3H3,(H2,14,18)(H,19,20). The van der Waals surface area contributed by atoms with Gasteiger partial charge in [0.05, 0.1) is 6.04 Å². The molecule has 0 aromatic heterocycles. The molecule has 7 nitrogen and oxygen atoms in total. The van der Waals surface area contributed by atoms with Crippen molar-refractivity contribution in [2.75, 3.05) is 26.2 Å². The summed E-state index contributed by atoms with van der Waals surface area (Å²) in [5.41, 5.74) is 5.25. The number of carbonyl (C=O) groups excluding carboxylic acids is 1. The number of nitrogens with two attached hydrogens (primary N) is 1. The topological polar surface area (TPSA) is 98.9 Å². The highest BCUT2D eigenvalue weighted by atomic mass is 16.4. The molecule has 2 atom stereocenters. The van der Waals surface area contributed by atoms with Crippen LogP contribution in [0.3, 0.4) is 0 Å². The van der Waals surface area contributed by atoms with Crippen LogP contribution < -0.4 is 11.1 Å². The number of rotatable bonds is 2. The maximum atomic E-state index is 12.0. The van der Waals surface area contributed by atoms with Crippen molar-refractivity contribution in [1.82, 2.24) is 15.1 Å². The normalized spacial score (nSPS) is 29.1. The maximum Gasteiger partial charge on any atom is 0.407 e. The first-order valence-corrected chi connectivity index (χ1v) is 6.99. The lowest BCUT2D eigenvalue weighted by atomic mass is 9.78. The summed E-state index contributed by atoms with van der Waals surface area (Å²) in [6, 6.07) is -0.716. The van der Waals surface area contributed by atoms with Crippen LogP contribution in [-0.2, 0) is 4.79 Å². The quantitative estimate of drug-likeness (QED) is 0.636. The van der Waals surface area contributed by atoms with Crippen LogP contribution in [0.2, 0.25) is 0 Å². The Balaban J connectivity index is 2.34. The summed E-state index contributed by atoms with van der Waals surface area (Å²) in [5.74, 6) is -0.442. The fraction of sp³-hybridized carbons (Fsp3) is 0.846. The summed E-state index contributed by atoms with van der Waals surface area (Å²) in [6.45, 7) is 8.47. The molecule has 2 aliphatic heterocycles. The zero-order valence-electron chi connectivity index (χ0n) is 12.3. The average molecular weight is 284 g/mol. The van der Waals surface area contributed by atoms with Gasteiger partial charge in [-0.2, -0.15) is 0 Å². The van der Waals surface area contributed by atoms with Crippen molar-refractivity contribution in [2.24, 2.45) is 11.1 Å². The predicted molar refractivity (Wildman–Crippen MR) is 74.3 cm³/mol. The van der Waals surface area contributed by atoms with Crippen LogP contribution >= 0.6 is 0 Å². The second-order valence-corrected chi connectivity index (χ2v) is 6.68. The minimum atomic E-state index is -0.984. The van der Waals surface area contributed by atoms with Crippen molar-refractivity contribution in [2.45, 2.75) is 38.9 Å². The molecule has 2 amide bonds. The van der Waals surface area contributed by atoms with E-state index in [9.17, 15) is 14.7 Å². The third-order valence-electron chi connectivity index (χ3n) is 4.24. The third kappa shape index (κ3) is 2.60. The molecular formula is C13H24N4O3. The molecule has 2 aliphatic rings. The highest BCUT2D eigenvalue weighted by Crippen LogP contribution is 2.33. The molecule has 0 aliphatic carbocycles. The number of carboxylic acid groups (broad SMARTS) is 1. The highest BCUT2D eigenvalue weighted by Gasteiger charge is 2.49. The van der Waals surface area contributed by atoms with Gasteiger partial charge in [0.15, 0.2) is 0 Å². The maximum absolute atomic E-state index is 12.0. The SMILES string of the molecule is CC(C)(C)C1C(C(N)=O)N(C2CNC2)CCN1C(=O)O. The monoisotopic (exact) mass is 284 g/mol. The first kappa shape index (κ1) is 15.1. The van der Waals surface area contributed by atoms with E-state index in [0.29, 0.717) is 13.1 Å². The fourth-order valence-electron chi connectivity index (χ4n) is 3.25. The Hall–Kier alpha value is -1.34. The number of nitrogens with one attached hydrogen (secondary N) is 1. The number of carbonyl (C=O) groups is 2. The van der Waals surface area contributed by atoms with Gasteiger partial charge >= 0.3 is 6.09 Å². The van der Waals surface area contributed by atoms with Crippen LogP contribution in [0.25, 0.3) is 0 Å². The Morgan fingerprint density at radius 3 is 2.20 bits per heavy atom. The van der Waals surface area contributed by atoms with Gasteiger partial charge in [-0.15, -0.1) is 0 Å². The van der Waals surface area contributed by atoms with Gasteiger partial charge < -0.3 is 21.1 Å². The Morgan fingerprint density at radius 2 is 1.85 bits per heavy atom. The molecular weight excluding hydrogens is 260 g/mol. The molecule has 0 spiro atoms. The van der Waals surface area contributed by atoms with Crippen LogP contribution in [0.4, 0.5) is 4.79 Å². The second-order valence-electron chi connectivity index (χ2n) is 6.68. The van der Waals surface area contributed by atoms with E-state index in [1.807, 2.05) is 20.8 Å². The number of hydrogen-bond donors (Lipinski definition) is 3. The Bertz CT molecular complexity index is 403. The molecule has 2 heterocycles. The molecule has 0 aromatic carbocycles. The molecule has 0 radical (unpaired) electrons. The molecule has 2 fully saturated rings. The lowest BCUT2D eigenvalue weighted by Gasteiger charge is -2.53. The van der Waals surface area contributed by atoms with Crippen molar-refractivity contribution in [3.63, 3.8) is 0 Å². The molecule has 2 unspecified atom stereocenters. The van der Waals surface area contributed by atoms with Crippen LogP contribution in [0.1, 0.15) is 20.8 Å². The van der Waals surface area contributed by atoms with Crippen molar-refractivity contribution in [1.29, 1.82) is 0 Å². The van der Waals surface area contributed by atoms with Gasteiger partial charge in [0.2, 0.25) is 5.91 Å². The van der Waals surface area contributed by atoms with Gasteiger partial charge in [-0.1, -0.05) is 20.8 Å². The molecule has 20 heavy (non-hydrogen) atoms. The molecule has 0 bridgehead atoms. The van der Waals surface area contributed by atoms with Crippen molar-refractivity contribution < 1.29 is 14.7 Å². The minimum Gasteiger partial charge on any atom is -0.465 e. The number of nitrogens with zero attached hydrogens (tertiary/aromatic N) is 2. The summed E-state index contributed by atoms with van der Waals surface area (Å²) in [5, 5.41) is 12.6. The van der Waals surface area contributed by atoms with E-state index in [1.54, 1.807) is 0 Å². The van der Waals surface area contributed by atoms with E-state index in [4.69, 9.17) is 5.73 Å². The lowest BCUT2D eigenvalue weighted by molar-refractivity contribution is -0.134. The van der Waals surface area contributed by atoms with Gasteiger partial charge in [-0.05, 0) is 5.41 Å². The van der Waals surface area contributed by atoms with E-state index >= 15 is 0 Å². The van der Waals surface area contributed by atoms with E-state index in [-0.39, 0.29) is 11.5 Å². The van der Waals surface area contributed by atoms with Crippen molar-refractivity contribution in [3.8, 4) is 0 Å². The number of hydrogen-bond acceptors (Lipinski definition) is 4. The zero-order valence-corrected chi connectivity index (χ0v) is 12.3. The van der Waals surface area contributed by atoms with E-state index in [0.717, 1.165) is 13.1 Å². The molecule has 7 heteroatoms. The largest absolute Gasteiger partial charge is 0.465 e. The lowest BCUT2D eigenvalue weighted by Crippen LogP contribution is -2.73. The number of amides is 2. The van der Waals surface area contributed by atoms with Gasteiger partial charge in [0.1, 0.15) is 6.04 Å². The summed E-state index contributed by atoms with van der Waals surface area (Å²) in [7, 11) is 0. The molecule has 114 valence electrons. The predicted octanol–water partition coefficient (Wildman–Crippen LogP) is -0.478.